The molecule has 114 valence electrons. The fourth-order valence-electron chi connectivity index (χ4n) is 2.35. The molecule has 0 saturated heterocycles. The maximum Gasteiger partial charge on any atom is 0.124 e. The lowest BCUT2D eigenvalue weighted by atomic mass is 9.98. The zero-order chi connectivity index (χ0) is 15.2. The second kappa shape index (κ2) is 7.97. The van der Waals surface area contributed by atoms with Crippen molar-refractivity contribution in [3.63, 3.8) is 0 Å². The van der Waals surface area contributed by atoms with E-state index in [1.165, 1.54) is 16.7 Å². The molecule has 1 aromatic carbocycles. The normalized spacial score (nSPS) is 12.4. The van der Waals surface area contributed by atoms with Crippen LogP contribution in [0.4, 0.5) is 0 Å². The molecule has 0 fully saturated rings. The molecule has 0 aliphatic rings. The fourth-order valence-corrected chi connectivity index (χ4v) is 3.55. The Morgan fingerprint density at radius 2 is 2.10 bits per heavy atom. The van der Waals surface area contributed by atoms with Gasteiger partial charge in [0.2, 0.25) is 0 Å². The summed E-state index contributed by atoms with van der Waals surface area (Å²) >= 11 is 5.28. The van der Waals surface area contributed by atoms with E-state index in [9.17, 15) is 0 Å². The van der Waals surface area contributed by atoms with E-state index in [1.54, 1.807) is 11.3 Å². The molecule has 1 aromatic heterocycles. The topological polar surface area (TPSA) is 21.3 Å². The standard InChI is InChI=1S/C17H22BrNOS/c1-4-8-19-17(13-10-16(18)21-11-13)14-9-12(3)6-7-15(14)20-5-2/h6-7,9-11,17,19H,4-5,8H2,1-3H3. The molecule has 0 aliphatic carbocycles. The van der Waals surface area contributed by atoms with Crippen LogP contribution < -0.4 is 10.1 Å². The van der Waals surface area contributed by atoms with Gasteiger partial charge >= 0.3 is 0 Å². The van der Waals surface area contributed by atoms with Crippen molar-refractivity contribution in [2.45, 2.75) is 33.2 Å². The number of thiophene rings is 1. The molecular formula is C17H22BrNOS. The van der Waals surface area contributed by atoms with Crippen molar-refractivity contribution in [3.8, 4) is 5.75 Å². The summed E-state index contributed by atoms with van der Waals surface area (Å²) in [6.07, 6.45) is 1.11. The summed E-state index contributed by atoms with van der Waals surface area (Å²) in [4.78, 5) is 0. The Bertz CT molecular complexity index is 582. The molecule has 1 N–H and O–H groups in total. The van der Waals surface area contributed by atoms with Crippen molar-refractivity contribution in [2.75, 3.05) is 13.2 Å². The monoisotopic (exact) mass is 367 g/mol. The van der Waals surface area contributed by atoms with E-state index >= 15 is 0 Å². The van der Waals surface area contributed by atoms with E-state index in [2.05, 4.69) is 64.7 Å². The third-order valence-electron chi connectivity index (χ3n) is 3.30. The highest BCUT2D eigenvalue weighted by atomic mass is 79.9. The minimum absolute atomic E-state index is 0.175. The number of benzene rings is 1. The Kier molecular flexibility index (Phi) is 6.27. The first kappa shape index (κ1) is 16.5. The van der Waals surface area contributed by atoms with Crippen LogP contribution in [0.25, 0.3) is 0 Å². The van der Waals surface area contributed by atoms with Gasteiger partial charge in [0.15, 0.2) is 0 Å². The van der Waals surface area contributed by atoms with Crippen LogP contribution in [0.15, 0.2) is 33.4 Å². The fraction of sp³-hybridized carbons (Fsp3) is 0.412. The van der Waals surface area contributed by atoms with Gasteiger partial charge < -0.3 is 10.1 Å². The Labute approximate surface area is 139 Å². The van der Waals surface area contributed by atoms with Crippen LogP contribution in [0.2, 0.25) is 0 Å². The van der Waals surface area contributed by atoms with Crippen molar-refractivity contribution in [2.24, 2.45) is 0 Å². The first-order chi connectivity index (χ1) is 10.2. The molecular weight excluding hydrogens is 346 g/mol. The number of aryl methyl sites for hydroxylation is 1. The molecule has 2 nitrogen and oxygen atoms in total. The number of halogens is 1. The van der Waals surface area contributed by atoms with Crippen LogP contribution >= 0.6 is 27.3 Å². The van der Waals surface area contributed by atoms with Crippen molar-refractivity contribution >= 4 is 27.3 Å². The Balaban J connectivity index is 2.42. The summed E-state index contributed by atoms with van der Waals surface area (Å²) in [5.74, 6) is 0.971. The van der Waals surface area contributed by atoms with Crippen molar-refractivity contribution < 1.29 is 4.74 Å². The predicted molar refractivity (Wildman–Crippen MR) is 94.5 cm³/mol. The highest BCUT2D eigenvalue weighted by molar-refractivity contribution is 9.11. The molecule has 0 amide bonds. The van der Waals surface area contributed by atoms with Crippen LogP contribution in [-0.4, -0.2) is 13.2 Å². The molecule has 1 unspecified atom stereocenters. The summed E-state index contributed by atoms with van der Waals surface area (Å²) in [7, 11) is 0. The number of hydrogen-bond donors (Lipinski definition) is 1. The third kappa shape index (κ3) is 4.31. The highest BCUT2D eigenvalue weighted by Crippen LogP contribution is 2.34. The van der Waals surface area contributed by atoms with Gasteiger partial charge in [-0.15, -0.1) is 11.3 Å². The summed E-state index contributed by atoms with van der Waals surface area (Å²) in [5, 5.41) is 5.85. The number of nitrogens with one attached hydrogen (secondary N) is 1. The van der Waals surface area contributed by atoms with E-state index in [4.69, 9.17) is 4.74 Å². The first-order valence-electron chi connectivity index (χ1n) is 7.36. The lowest BCUT2D eigenvalue weighted by Crippen LogP contribution is -2.23. The quantitative estimate of drug-likeness (QED) is 0.715. The van der Waals surface area contributed by atoms with Gasteiger partial charge in [-0.3, -0.25) is 0 Å². The van der Waals surface area contributed by atoms with Crippen LogP contribution in [0, 0.1) is 6.92 Å². The largest absolute Gasteiger partial charge is 0.494 e. The summed E-state index contributed by atoms with van der Waals surface area (Å²) in [6.45, 7) is 8.01. The molecule has 0 radical (unpaired) electrons. The zero-order valence-electron chi connectivity index (χ0n) is 12.8. The molecule has 1 atom stereocenters. The lowest BCUT2D eigenvalue weighted by Gasteiger charge is -2.21. The average molecular weight is 368 g/mol. The Morgan fingerprint density at radius 1 is 1.29 bits per heavy atom. The molecule has 2 aromatic rings. The van der Waals surface area contributed by atoms with Crippen LogP contribution in [0.5, 0.6) is 5.75 Å². The van der Waals surface area contributed by atoms with E-state index in [0.29, 0.717) is 6.61 Å². The van der Waals surface area contributed by atoms with E-state index in [-0.39, 0.29) is 6.04 Å². The molecule has 21 heavy (non-hydrogen) atoms. The molecule has 1 heterocycles. The second-order valence-corrected chi connectivity index (χ2v) is 7.34. The van der Waals surface area contributed by atoms with E-state index in [0.717, 1.165) is 22.5 Å². The van der Waals surface area contributed by atoms with Crippen molar-refractivity contribution in [1.29, 1.82) is 0 Å². The second-order valence-electron chi connectivity index (χ2n) is 5.05. The van der Waals surface area contributed by atoms with Crippen LogP contribution in [0.3, 0.4) is 0 Å². The SMILES string of the molecule is CCCNC(c1csc(Br)c1)c1cc(C)ccc1OCC. The summed E-state index contributed by atoms with van der Waals surface area (Å²) in [5.41, 5.74) is 3.76. The summed E-state index contributed by atoms with van der Waals surface area (Å²) in [6, 6.07) is 8.78. The molecule has 0 spiro atoms. The predicted octanol–water partition coefficient (Wildman–Crippen LogP) is 5.31. The van der Waals surface area contributed by atoms with Gasteiger partial charge in [0.05, 0.1) is 16.4 Å². The van der Waals surface area contributed by atoms with Gasteiger partial charge in [-0.2, -0.15) is 0 Å². The summed E-state index contributed by atoms with van der Waals surface area (Å²) < 4.78 is 6.99. The minimum Gasteiger partial charge on any atom is -0.494 e. The first-order valence-corrected chi connectivity index (χ1v) is 9.03. The number of ether oxygens (including phenoxy) is 1. The van der Waals surface area contributed by atoms with Gasteiger partial charge in [-0.25, -0.2) is 0 Å². The van der Waals surface area contributed by atoms with Gasteiger partial charge in [0.1, 0.15) is 5.75 Å². The number of hydrogen-bond acceptors (Lipinski definition) is 3. The lowest BCUT2D eigenvalue weighted by molar-refractivity contribution is 0.333. The van der Waals surface area contributed by atoms with Crippen molar-refractivity contribution in [3.05, 3.63) is 50.1 Å². The minimum atomic E-state index is 0.175. The maximum absolute atomic E-state index is 5.83. The smallest absolute Gasteiger partial charge is 0.124 e. The molecule has 4 heteroatoms. The number of rotatable bonds is 7. The molecule has 0 saturated carbocycles. The Morgan fingerprint density at radius 3 is 2.71 bits per heavy atom. The van der Waals surface area contributed by atoms with Gasteiger partial charge in [0.25, 0.3) is 0 Å². The highest BCUT2D eigenvalue weighted by Gasteiger charge is 2.19. The molecule has 0 bridgehead atoms. The zero-order valence-corrected chi connectivity index (χ0v) is 15.2. The maximum atomic E-state index is 5.83. The van der Waals surface area contributed by atoms with Gasteiger partial charge in [-0.1, -0.05) is 24.6 Å². The molecule has 0 aliphatic heterocycles. The van der Waals surface area contributed by atoms with Gasteiger partial charge in [-0.05, 0) is 65.8 Å². The molecule has 2 rings (SSSR count). The van der Waals surface area contributed by atoms with Gasteiger partial charge in [0, 0.05) is 5.56 Å². The van der Waals surface area contributed by atoms with Crippen LogP contribution in [-0.2, 0) is 0 Å². The Hall–Kier alpha value is -0.840. The van der Waals surface area contributed by atoms with E-state index in [1.807, 2.05) is 6.92 Å². The van der Waals surface area contributed by atoms with Crippen LogP contribution in [0.1, 0.15) is 43.0 Å². The average Bonchev–Trinajstić information content (AvgIpc) is 2.89. The third-order valence-corrected chi connectivity index (χ3v) is 4.82. The van der Waals surface area contributed by atoms with Crippen molar-refractivity contribution in [1.82, 2.24) is 5.32 Å². The van der Waals surface area contributed by atoms with E-state index < -0.39 is 0 Å².